The molecule has 2 aromatic heterocycles. The molecule has 5 heteroatoms. The Kier molecular flexibility index (Phi) is 3.91. The third kappa shape index (κ3) is 2.92. The van der Waals surface area contributed by atoms with Gasteiger partial charge in [-0.25, -0.2) is 4.98 Å². The molecular weight excluding hydrogens is 232 g/mol. The summed E-state index contributed by atoms with van der Waals surface area (Å²) in [6.45, 7) is 6.10. The van der Waals surface area contributed by atoms with E-state index in [1.54, 1.807) is 11.3 Å². The van der Waals surface area contributed by atoms with Crippen molar-refractivity contribution in [3.8, 4) is 0 Å². The summed E-state index contributed by atoms with van der Waals surface area (Å²) in [5.74, 6) is 0.465. The van der Waals surface area contributed by atoms with Crippen molar-refractivity contribution in [3.05, 3.63) is 34.0 Å². The Morgan fingerprint density at radius 1 is 1.53 bits per heavy atom. The van der Waals surface area contributed by atoms with Crippen molar-refractivity contribution in [2.24, 2.45) is 7.05 Å². The van der Waals surface area contributed by atoms with Crippen LogP contribution in [-0.4, -0.2) is 21.3 Å². The zero-order valence-electron chi connectivity index (χ0n) is 10.5. The van der Waals surface area contributed by atoms with Crippen LogP contribution in [0.4, 0.5) is 0 Å². The van der Waals surface area contributed by atoms with Crippen molar-refractivity contribution < 1.29 is 0 Å². The van der Waals surface area contributed by atoms with Crippen LogP contribution in [0.15, 0.2) is 17.8 Å². The summed E-state index contributed by atoms with van der Waals surface area (Å²) in [6.07, 6.45) is 3.79. The van der Waals surface area contributed by atoms with Gasteiger partial charge in [0.05, 0.1) is 11.2 Å². The third-order valence-corrected chi connectivity index (χ3v) is 3.98. The molecule has 0 aromatic carbocycles. The predicted molar refractivity (Wildman–Crippen MR) is 70.2 cm³/mol. The molecule has 0 fully saturated rings. The molecule has 2 heterocycles. The van der Waals surface area contributed by atoms with Crippen LogP contribution in [0.1, 0.15) is 29.1 Å². The molecule has 0 saturated carbocycles. The number of aromatic nitrogens is 3. The van der Waals surface area contributed by atoms with Crippen LogP contribution < -0.4 is 5.32 Å². The Labute approximate surface area is 106 Å². The van der Waals surface area contributed by atoms with Gasteiger partial charge in [-0.15, -0.1) is 11.3 Å². The second-order valence-electron chi connectivity index (χ2n) is 4.28. The number of nitrogens with zero attached hydrogens (tertiary/aromatic N) is 3. The molecule has 92 valence electrons. The van der Waals surface area contributed by atoms with Crippen LogP contribution >= 0.6 is 11.3 Å². The molecule has 1 unspecified atom stereocenters. The molecule has 0 radical (unpaired) electrons. The van der Waals surface area contributed by atoms with Gasteiger partial charge in [0, 0.05) is 48.9 Å². The Morgan fingerprint density at radius 3 is 2.94 bits per heavy atom. The summed E-state index contributed by atoms with van der Waals surface area (Å²) in [4.78, 5) is 4.33. The van der Waals surface area contributed by atoms with Gasteiger partial charge in [-0.05, 0) is 6.92 Å². The highest BCUT2D eigenvalue weighted by atomic mass is 32.1. The average molecular weight is 250 g/mol. The molecule has 0 amide bonds. The van der Waals surface area contributed by atoms with Crippen molar-refractivity contribution in [3.63, 3.8) is 0 Å². The van der Waals surface area contributed by atoms with E-state index >= 15 is 0 Å². The first-order valence-electron chi connectivity index (χ1n) is 5.76. The molecule has 0 aliphatic carbocycles. The molecule has 2 aromatic rings. The first kappa shape index (κ1) is 12.3. The van der Waals surface area contributed by atoms with Gasteiger partial charge in [0.25, 0.3) is 0 Å². The largest absolute Gasteiger partial charge is 0.312 e. The molecule has 2 rings (SSSR count). The minimum Gasteiger partial charge on any atom is -0.312 e. The lowest BCUT2D eigenvalue weighted by molar-refractivity contribution is 0.610. The molecule has 1 N–H and O–H groups in total. The van der Waals surface area contributed by atoms with Crippen molar-refractivity contribution in [2.45, 2.75) is 26.3 Å². The minimum atomic E-state index is 0.465. The van der Waals surface area contributed by atoms with Crippen molar-refractivity contribution in [1.82, 2.24) is 20.1 Å². The molecule has 0 aliphatic rings. The normalized spacial score (nSPS) is 12.9. The van der Waals surface area contributed by atoms with Crippen molar-refractivity contribution in [2.75, 3.05) is 6.54 Å². The van der Waals surface area contributed by atoms with E-state index < -0.39 is 0 Å². The fourth-order valence-corrected chi connectivity index (χ4v) is 2.40. The Hall–Kier alpha value is -1.20. The van der Waals surface area contributed by atoms with E-state index in [2.05, 4.69) is 29.2 Å². The summed E-state index contributed by atoms with van der Waals surface area (Å²) in [7, 11) is 1.97. The number of thiazole rings is 1. The van der Waals surface area contributed by atoms with E-state index in [0.717, 1.165) is 13.1 Å². The molecule has 0 aliphatic heterocycles. The Bertz CT molecular complexity index is 461. The van der Waals surface area contributed by atoms with Gasteiger partial charge < -0.3 is 5.32 Å². The minimum absolute atomic E-state index is 0.465. The van der Waals surface area contributed by atoms with Crippen molar-refractivity contribution >= 4 is 11.3 Å². The maximum Gasteiger partial charge on any atom is 0.0965 e. The van der Waals surface area contributed by atoms with E-state index in [1.165, 1.54) is 16.3 Å². The lowest BCUT2D eigenvalue weighted by atomic mass is 10.2. The van der Waals surface area contributed by atoms with E-state index in [-0.39, 0.29) is 0 Å². The summed E-state index contributed by atoms with van der Waals surface area (Å²) < 4.78 is 1.90. The SMILES string of the molecule is Cc1c(CNCC(C)c2nccs2)cnn1C. The maximum atomic E-state index is 4.33. The van der Waals surface area contributed by atoms with Gasteiger partial charge in [0.1, 0.15) is 0 Å². The fraction of sp³-hybridized carbons (Fsp3) is 0.500. The van der Waals surface area contributed by atoms with E-state index in [0.29, 0.717) is 5.92 Å². The van der Waals surface area contributed by atoms with Gasteiger partial charge in [-0.2, -0.15) is 5.10 Å². The van der Waals surface area contributed by atoms with Crippen LogP contribution in [0.25, 0.3) is 0 Å². The zero-order valence-corrected chi connectivity index (χ0v) is 11.3. The predicted octanol–water partition coefficient (Wildman–Crippen LogP) is 2.08. The number of hydrogen-bond donors (Lipinski definition) is 1. The first-order valence-corrected chi connectivity index (χ1v) is 6.64. The number of hydrogen-bond acceptors (Lipinski definition) is 4. The molecular formula is C12H18N4S. The molecule has 4 nitrogen and oxygen atoms in total. The standard InChI is InChI=1S/C12H18N4S/c1-9(12-14-4-5-17-12)6-13-7-11-8-15-16(3)10(11)2/h4-5,8-9,13H,6-7H2,1-3H3. The van der Waals surface area contributed by atoms with E-state index in [4.69, 9.17) is 0 Å². The Morgan fingerprint density at radius 2 is 2.35 bits per heavy atom. The summed E-state index contributed by atoms with van der Waals surface area (Å²) in [6, 6.07) is 0. The summed E-state index contributed by atoms with van der Waals surface area (Å²) >= 11 is 1.72. The maximum absolute atomic E-state index is 4.33. The first-order chi connectivity index (χ1) is 8.18. The molecule has 1 atom stereocenters. The quantitative estimate of drug-likeness (QED) is 0.883. The highest BCUT2D eigenvalue weighted by molar-refractivity contribution is 7.09. The molecule has 0 saturated heterocycles. The van der Waals surface area contributed by atoms with Gasteiger partial charge >= 0.3 is 0 Å². The van der Waals surface area contributed by atoms with Crippen LogP contribution in [0.3, 0.4) is 0 Å². The van der Waals surface area contributed by atoms with Gasteiger partial charge in [-0.3, -0.25) is 4.68 Å². The van der Waals surface area contributed by atoms with Crippen LogP contribution in [0.2, 0.25) is 0 Å². The lowest BCUT2D eigenvalue weighted by Gasteiger charge is -2.09. The van der Waals surface area contributed by atoms with E-state index in [1.807, 2.05) is 29.5 Å². The number of aryl methyl sites for hydroxylation is 1. The van der Waals surface area contributed by atoms with Gasteiger partial charge in [0.15, 0.2) is 0 Å². The highest BCUT2D eigenvalue weighted by Gasteiger charge is 2.08. The molecule has 17 heavy (non-hydrogen) atoms. The van der Waals surface area contributed by atoms with Crippen molar-refractivity contribution in [1.29, 1.82) is 0 Å². The molecule has 0 spiro atoms. The summed E-state index contributed by atoms with van der Waals surface area (Å²) in [5.41, 5.74) is 2.48. The number of rotatable bonds is 5. The smallest absolute Gasteiger partial charge is 0.0965 e. The van der Waals surface area contributed by atoms with Crippen LogP contribution in [0, 0.1) is 6.92 Å². The third-order valence-electron chi connectivity index (χ3n) is 2.98. The van der Waals surface area contributed by atoms with E-state index in [9.17, 15) is 0 Å². The van der Waals surface area contributed by atoms with Crippen LogP contribution in [-0.2, 0) is 13.6 Å². The lowest BCUT2D eigenvalue weighted by Crippen LogP contribution is -2.19. The number of nitrogens with one attached hydrogen (secondary N) is 1. The molecule has 0 bridgehead atoms. The Balaban J connectivity index is 1.82. The van der Waals surface area contributed by atoms with Gasteiger partial charge in [0.2, 0.25) is 0 Å². The summed E-state index contributed by atoms with van der Waals surface area (Å²) in [5, 5.41) is 10.9. The van der Waals surface area contributed by atoms with Crippen LogP contribution in [0.5, 0.6) is 0 Å². The van der Waals surface area contributed by atoms with Gasteiger partial charge in [-0.1, -0.05) is 6.92 Å². The monoisotopic (exact) mass is 250 g/mol. The fourth-order valence-electron chi connectivity index (χ4n) is 1.71. The second-order valence-corrected chi connectivity index (χ2v) is 5.21. The topological polar surface area (TPSA) is 42.7 Å². The zero-order chi connectivity index (χ0) is 12.3. The second kappa shape index (κ2) is 5.42. The highest BCUT2D eigenvalue weighted by Crippen LogP contribution is 2.16. The average Bonchev–Trinajstić information content (AvgIpc) is 2.93.